The molecule has 0 radical (unpaired) electrons. The summed E-state index contributed by atoms with van der Waals surface area (Å²) >= 11 is 0. The predicted octanol–water partition coefficient (Wildman–Crippen LogP) is 1.62. The zero-order chi connectivity index (χ0) is 17.1. The van der Waals surface area contributed by atoms with Crippen molar-refractivity contribution in [1.82, 2.24) is 4.72 Å². The summed E-state index contributed by atoms with van der Waals surface area (Å²) in [5.41, 5.74) is 8.96. The van der Waals surface area contributed by atoms with Gasteiger partial charge in [-0.15, -0.1) is 0 Å². The Morgan fingerprint density at radius 1 is 1.30 bits per heavy atom. The second-order valence-electron chi connectivity index (χ2n) is 6.73. The Kier molecular flexibility index (Phi) is 5.31. The number of hydrogen-bond acceptors (Lipinski definition) is 3. The van der Waals surface area contributed by atoms with Gasteiger partial charge in [-0.2, -0.15) is 0 Å². The molecule has 0 amide bonds. The third-order valence-corrected chi connectivity index (χ3v) is 4.69. The van der Waals surface area contributed by atoms with E-state index >= 15 is 0 Å². The molecule has 0 atom stereocenters. The monoisotopic (exact) mass is 338 g/mol. The molecule has 7 heteroatoms. The van der Waals surface area contributed by atoms with Crippen LogP contribution in [-0.4, -0.2) is 32.7 Å². The van der Waals surface area contributed by atoms with Crippen molar-refractivity contribution in [2.24, 2.45) is 10.7 Å². The van der Waals surface area contributed by atoms with Gasteiger partial charge in [0.15, 0.2) is 5.96 Å². The molecule has 128 valence electrons. The fourth-order valence-corrected chi connectivity index (χ4v) is 3.96. The van der Waals surface area contributed by atoms with Crippen LogP contribution in [0.2, 0.25) is 0 Å². The molecule has 0 saturated heterocycles. The Balaban J connectivity index is 2.06. The first-order chi connectivity index (χ1) is 10.7. The maximum absolute atomic E-state index is 11.3. The summed E-state index contributed by atoms with van der Waals surface area (Å²) in [4.78, 5) is 4.28. The molecule has 1 aromatic carbocycles. The van der Waals surface area contributed by atoms with Gasteiger partial charge in [0.1, 0.15) is 0 Å². The molecule has 1 aliphatic rings. The van der Waals surface area contributed by atoms with E-state index < -0.39 is 15.6 Å². The highest BCUT2D eigenvalue weighted by molar-refractivity contribution is 7.88. The van der Waals surface area contributed by atoms with Gasteiger partial charge in [0, 0.05) is 11.2 Å². The molecule has 2 rings (SSSR count). The fourth-order valence-electron chi connectivity index (χ4n) is 2.89. The quantitative estimate of drug-likeness (QED) is 0.561. The molecule has 23 heavy (non-hydrogen) atoms. The van der Waals surface area contributed by atoms with Crippen molar-refractivity contribution in [3.8, 4) is 0 Å². The molecule has 0 bridgehead atoms. The summed E-state index contributed by atoms with van der Waals surface area (Å²) in [5, 5.41) is 3.16. The first-order valence-corrected chi connectivity index (χ1v) is 9.72. The molecule has 0 aromatic heterocycles. The second-order valence-corrected chi connectivity index (χ2v) is 8.48. The molecule has 6 nitrogen and oxygen atoms in total. The lowest BCUT2D eigenvalue weighted by atomic mass is 9.90. The highest BCUT2D eigenvalue weighted by Gasteiger charge is 2.22. The molecular formula is C16H26N4O2S. The summed E-state index contributed by atoms with van der Waals surface area (Å²) in [6.07, 6.45) is 5.70. The molecule has 0 unspecified atom stereocenters. The lowest BCUT2D eigenvalue weighted by molar-refractivity contribution is 0.466. The number of hydrogen-bond donors (Lipinski definition) is 3. The minimum Gasteiger partial charge on any atom is -0.370 e. The zero-order valence-electron chi connectivity index (χ0n) is 14.0. The topological polar surface area (TPSA) is 96.6 Å². The average molecular weight is 338 g/mol. The van der Waals surface area contributed by atoms with Crippen LogP contribution in [-0.2, 0) is 22.9 Å². The Morgan fingerprint density at radius 2 is 2.00 bits per heavy atom. The van der Waals surface area contributed by atoms with Crippen molar-refractivity contribution in [2.75, 3.05) is 18.1 Å². The highest BCUT2D eigenvalue weighted by Crippen LogP contribution is 2.27. The molecule has 0 aliphatic heterocycles. The number of sulfonamides is 1. The van der Waals surface area contributed by atoms with E-state index in [0.717, 1.165) is 24.8 Å². The van der Waals surface area contributed by atoms with E-state index in [1.807, 2.05) is 12.1 Å². The Bertz CT molecular complexity index is 696. The fraction of sp³-hybridized carbons (Fsp3) is 0.562. The third kappa shape index (κ3) is 5.51. The summed E-state index contributed by atoms with van der Waals surface area (Å²) in [6.45, 7) is 3.80. The van der Waals surface area contributed by atoms with E-state index in [1.54, 1.807) is 13.8 Å². The van der Waals surface area contributed by atoms with Crippen molar-refractivity contribution < 1.29 is 8.42 Å². The van der Waals surface area contributed by atoms with Crippen LogP contribution in [0, 0.1) is 0 Å². The zero-order valence-corrected chi connectivity index (χ0v) is 14.8. The normalized spacial score (nSPS) is 16.0. The van der Waals surface area contributed by atoms with Gasteiger partial charge in [-0.3, -0.25) is 4.99 Å². The van der Waals surface area contributed by atoms with Gasteiger partial charge in [0.25, 0.3) is 0 Å². The van der Waals surface area contributed by atoms with E-state index in [2.05, 4.69) is 21.1 Å². The van der Waals surface area contributed by atoms with Crippen LogP contribution >= 0.6 is 0 Å². The van der Waals surface area contributed by atoms with Crippen molar-refractivity contribution in [3.05, 3.63) is 29.3 Å². The van der Waals surface area contributed by atoms with Crippen LogP contribution in [0.1, 0.15) is 37.8 Å². The van der Waals surface area contributed by atoms with Gasteiger partial charge in [-0.25, -0.2) is 13.1 Å². The summed E-state index contributed by atoms with van der Waals surface area (Å²) in [7, 11) is -3.28. The lowest BCUT2D eigenvalue weighted by Crippen LogP contribution is -2.45. The minimum atomic E-state index is -3.28. The van der Waals surface area contributed by atoms with Crippen molar-refractivity contribution in [1.29, 1.82) is 0 Å². The molecule has 0 fully saturated rings. The maximum atomic E-state index is 11.3. The number of rotatable bonds is 5. The number of guanidine groups is 1. The third-order valence-electron chi connectivity index (χ3n) is 3.77. The van der Waals surface area contributed by atoms with Crippen LogP contribution in [0.15, 0.2) is 23.2 Å². The Labute approximate surface area is 138 Å². The maximum Gasteiger partial charge on any atom is 0.209 e. The van der Waals surface area contributed by atoms with E-state index in [4.69, 9.17) is 5.73 Å². The number of nitrogens with two attached hydrogens (primary N) is 1. The van der Waals surface area contributed by atoms with E-state index in [-0.39, 0.29) is 6.54 Å². The molecule has 0 saturated carbocycles. The smallest absolute Gasteiger partial charge is 0.209 e. The molecule has 1 aromatic rings. The molecule has 0 spiro atoms. The van der Waals surface area contributed by atoms with Gasteiger partial charge in [-0.1, -0.05) is 12.1 Å². The van der Waals surface area contributed by atoms with Gasteiger partial charge >= 0.3 is 0 Å². The Morgan fingerprint density at radius 3 is 2.70 bits per heavy atom. The molecule has 0 heterocycles. The van der Waals surface area contributed by atoms with Crippen molar-refractivity contribution >= 4 is 21.7 Å². The second kappa shape index (κ2) is 6.88. The number of aryl methyl sites for hydroxylation is 1. The summed E-state index contributed by atoms with van der Waals surface area (Å²) in [6, 6.07) is 6.19. The van der Waals surface area contributed by atoms with Crippen molar-refractivity contribution in [2.45, 2.75) is 45.1 Å². The number of anilines is 1. The van der Waals surface area contributed by atoms with Crippen molar-refractivity contribution in [3.63, 3.8) is 0 Å². The van der Waals surface area contributed by atoms with Gasteiger partial charge < -0.3 is 11.1 Å². The van der Waals surface area contributed by atoms with Crippen LogP contribution in [0.3, 0.4) is 0 Å². The first-order valence-electron chi connectivity index (χ1n) is 7.83. The largest absolute Gasteiger partial charge is 0.370 e. The summed E-state index contributed by atoms with van der Waals surface area (Å²) in [5.74, 6) is 0.298. The van der Waals surface area contributed by atoms with Gasteiger partial charge in [0.05, 0.1) is 12.8 Å². The standard InChI is InChI=1S/C16H26N4O2S/c1-16(2,20-23(3,21)22)11-18-15(17)19-14-10-6-8-12-7-4-5-9-13(12)14/h6,8,10,20H,4-5,7,9,11H2,1-3H3,(H3,17,18,19). The number of aliphatic imine (C=N–C) groups is 1. The number of fused-ring (bicyclic) bond motifs is 1. The number of nitrogens with one attached hydrogen (secondary N) is 2. The molecule has 1 aliphatic carbocycles. The molecule has 4 N–H and O–H groups in total. The van der Waals surface area contributed by atoms with E-state index in [0.29, 0.717) is 5.96 Å². The van der Waals surface area contributed by atoms with E-state index in [1.165, 1.54) is 24.0 Å². The predicted molar refractivity (Wildman–Crippen MR) is 95.3 cm³/mol. The van der Waals surface area contributed by atoms with Crippen LogP contribution in [0.25, 0.3) is 0 Å². The van der Waals surface area contributed by atoms with Crippen LogP contribution < -0.4 is 15.8 Å². The highest BCUT2D eigenvalue weighted by atomic mass is 32.2. The molecular weight excluding hydrogens is 312 g/mol. The van der Waals surface area contributed by atoms with Crippen LogP contribution in [0.4, 0.5) is 5.69 Å². The Hall–Kier alpha value is -1.60. The first kappa shape index (κ1) is 17.7. The van der Waals surface area contributed by atoms with E-state index in [9.17, 15) is 8.42 Å². The number of benzene rings is 1. The SMILES string of the molecule is CC(C)(CN=C(N)Nc1cccc2c1CCCC2)NS(C)(=O)=O. The lowest BCUT2D eigenvalue weighted by Gasteiger charge is -2.23. The minimum absolute atomic E-state index is 0.258. The average Bonchev–Trinajstić information content (AvgIpc) is 2.43. The number of nitrogens with zero attached hydrogens (tertiary/aromatic N) is 1. The van der Waals surface area contributed by atoms with Gasteiger partial charge in [0.2, 0.25) is 10.0 Å². The summed E-state index contributed by atoms with van der Waals surface area (Å²) < 4.78 is 25.2. The van der Waals surface area contributed by atoms with Crippen LogP contribution in [0.5, 0.6) is 0 Å². The van der Waals surface area contributed by atoms with Gasteiger partial charge in [-0.05, 0) is 56.7 Å².